The van der Waals surface area contributed by atoms with Gasteiger partial charge in [0, 0.05) is 6.42 Å². The third-order valence-electron chi connectivity index (χ3n) is 2.81. The molecule has 0 bridgehead atoms. The Bertz CT molecular complexity index is 435. The molecule has 18 heavy (non-hydrogen) atoms. The predicted molar refractivity (Wildman–Crippen MR) is 71.0 cm³/mol. The molecule has 3 heteroatoms. The summed E-state index contributed by atoms with van der Waals surface area (Å²) in [7, 11) is 0. The Morgan fingerprint density at radius 3 is 2.56 bits per heavy atom. The fourth-order valence-electron chi connectivity index (χ4n) is 1.72. The second kappa shape index (κ2) is 5.80. The monoisotopic (exact) mass is 248 g/mol. The number of aryl methyl sites for hydroxylation is 1. The molecule has 1 aromatic carbocycles. The van der Waals surface area contributed by atoms with Gasteiger partial charge in [-0.2, -0.15) is 0 Å². The number of carbonyl (C=O) groups is 2. The van der Waals surface area contributed by atoms with E-state index in [-0.39, 0.29) is 5.92 Å². The van der Waals surface area contributed by atoms with Crippen molar-refractivity contribution in [2.45, 2.75) is 45.6 Å². The molecule has 0 fully saturated rings. The van der Waals surface area contributed by atoms with Gasteiger partial charge in [0.25, 0.3) is 0 Å². The minimum Gasteiger partial charge on any atom is -0.480 e. The number of hydrogen-bond donors (Lipinski definition) is 0. The van der Waals surface area contributed by atoms with Crippen LogP contribution in [0.4, 0.5) is 0 Å². The first-order valence-corrected chi connectivity index (χ1v) is 6.09. The zero-order valence-electron chi connectivity index (χ0n) is 11.4. The second-order valence-corrected chi connectivity index (χ2v) is 5.17. The Morgan fingerprint density at radius 1 is 1.33 bits per heavy atom. The van der Waals surface area contributed by atoms with Crippen LogP contribution in [0, 0.1) is 6.92 Å². The first-order chi connectivity index (χ1) is 8.39. The van der Waals surface area contributed by atoms with Crippen LogP contribution in [0.15, 0.2) is 18.2 Å². The third-order valence-corrected chi connectivity index (χ3v) is 2.81. The molecule has 0 aliphatic heterocycles. The fourth-order valence-corrected chi connectivity index (χ4v) is 1.72. The van der Waals surface area contributed by atoms with Crippen LogP contribution in [0.25, 0.3) is 0 Å². The van der Waals surface area contributed by atoms with Gasteiger partial charge in [-0.3, -0.25) is 4.79 Å². The van der Waals surface area contributed by atoms with Crippen LogP contribution >= 0.6 is 0 Å². The number of ether oxygens (including phenoxy) is 1. The standard InChI is InChI=1S/C15H20O3/c1-11-5-6-13(12(2)7-8-16)14(9-11)18-15(3,4)10-17/h5-6,8-10,12H,7H2,1-4H3. The van der Waals surface area contributed by atoms with E-state index >= 15 is 0 Å². The highest BCUT2D eigenvalue weighted by Gasteiger charge is 2.21. The molecule has 1 atom stereocenters. The molecule has 0 aromatic heterocycles. The van der Waals surface area contributed by atoms with Gasteiger partial charge in [-0.25, -0.2) is 0 Å². The molecule has 0 spiro atoms. The summed E-state index contributed by atoms with van der Waals surface area (Å²) in [6.45, 7) is 7.38. The molecule has 0 heterocycles. The van der Waals surface area contributed by atoms with Crippen LogP contribution in [0.1, 0.15) is 44.2 Å². The van der Waals surface area contributed by atoms with Crippen LogP contribution < -0.4 is 4.74 Å². The molecular formula is C15H20O3. The van der Waals surface area contributed by atoms with E-state index in [1.165, 1.54) is 0 Å². The van der Waals surface area contributed by atoms with Crippen LogP contribution in [0.5, 0.6) is 5.75 Å². The van der Waals surface area contributed by atoms with Gasteiger partial charge in [-0.05, 0) is 43.9 Å². The summed E-state index contributed by atoms with van der Waals surface area (Å²) in [5, 5.41) is 0. The molecule has 0 radical (unpaired) electrons. The first kappa shape index (κ1) is 14.4. The van der Waals surface area contributed by atoms with Crippen molar-refractivity contribution in [3.63, 3.8) is 0 Å². The molecule has 0 amide bonds. The van der Waals surface area contributed by atoms with Gasteiger partial charge in [0.15, 0.2) is 11.9 Å². The highest BCUT2D eigenvalue weighted by Crippen LogP contribution is 2.31. The summed E-state index contributed by atoms with van der Waals surface area (Å²) >= 11 is 0. The van der Waals surface area contributed by atoms with Crippen molar-refractivity contribution in [2.24, 2.45) is 0 Å². The van der Waals surface area contributed by atoms with Gasteiger partial charge in [0.2, 0.25) is 0 Å². The van der Waals surface area contributed by atoms with E-state index in [9.17, 15) is 9.59 Å². The van der Waals surface area contributed by atoms with Gasteiger partial charge in [0.05, 0.1) is 0 Å². The lowest BCUT2D eigenvalue weighted by Crippen LogP contribution is -2.30. The number of benzene rings is 1. The second-order valence-electron chi connectivity index (χ2n) is 5.17. The van der Waals surface area contributed by atoms with Gasteiger partial charge in [-0.1, -0.05) is 19.1 Å². The van der Waals surface area contributed by atoms with Crippen molar-refractivity contribution in [3.8, 4) is 5.75 Å². The Hall–Kier alpha value is -1.64. The molecule has 0 aliphatic rings. The van der Waals surface area contributed by atoms with Crippen molar-refractivity contribution in [3.05, 3.63) is 29.3 Å². The number of carbonyl (C=O) groups excluding carboxylic acids is 2. The summed E-state index contributed by atoms with van der Waals surface area (Å²) in [5.74, 6) is 0.766. The molecule has 0 saturated carbocycles. The predicted octanol–water partition coefficient (Wildman–Crippen LogP) is 3.04. The molecule has 1 unspecified atom stereocenters. The quantitative estimate of drug-likeness (QED) is 0.727. The van der Waals surface area contributed by atoms with E-state index < -0.39 is 5.60 Å². The van der Waals surface area contributed by atoms with E-state index in [4.69, 9.17) is 4.74 Å². The minimum atomic E-state index is -0.858. The molecule has 0 saturated heterocycles. The summed E-state index contributed by atoms with van der Waals surface area (Å²) in [6, 6.07) is 5.85. The molecule has 0 aliphatic carbocycles. The van der Waals surface area contributed by atoms with Crippen molar-refractivity contribution >= 4 is 12.6 Å². The van der Waals surface area contributed by atoms with Crippen LogP contribution in [-0.2, 0) is 9.59 Å². The summed E-state index contributed by atoms with van der Waals surface area (Å²) in [6.07, 6.45) is 2.13. The lowest BCUT2D eigenvalue weighted by molar-refractivity contribution is -0.119. The number of hydrogen-bond acceptors (Lipinski definition) is 3. The third kappa shape index (κ3) is 3.69. The Balaban J connectivity index is 3.11. The molecule has 3 nitrogen and oxygen atoms in total. The van der Waals surface area contributed by atoms with Crippen LogP contribution in [-0.4, -0.2) is 18.2 Å². The van der Waals surface area contributed by atoms with E-state index in [2.05, 4.69) is 0 Å². The van der Waals surface area contributed by atoms with Crippen molar-refractivity contribution < 1.29 is 14.3 Å². The van der Waals surface area contributed by atoms with E-state index in [1.54, 1.807) is 13.8 Å². The molecule has 1 rings (SSSR count). The normalized spacial score (nSPS) is 12.9. The number of rotatable bonds is 6. The SMILES string of the molecule is Cc1ccc(C(C)CC=O)c(OC(C)(C)C=O)c1. The lowest BCUT2D eigenvalue weighted by Gasteiger charge is -2.24. The Labute approximate surface area is 108 Å². The minimum absolute atomic E-state index is 0.0838. The van der Waals surface area contributed by atoms with Crippen molar-refractivity contribution in [2.75, 3.05) is 0 Å². The first-order valence-electron chi connectivity index (χ1n) is 6.09. The van der Waals surface area contributed by atoms with E-state index in [1.807, 2.05) is 32.0 Å². The highest BCUT2D eigenvalue weighted by molar-refractivity contribution is 5.62. The molecule has 98 valence electrons. The average Bonchev–Trinajstić information content (AvgIpc) is 2.29. The van der Waals surface area contributed by atoms with Gasteiger partial charge in [0.1, 0.15) is 12.0 Å². The van der Waals surface area contributed by atoms with Gasteiger partial charge < -0.3 is 9.53 Å². The maximum Gasteiger partial charge on any atom is 0.162 e. The largest absolute Gasteiger partial charge is 0.480 e. The van der Waals surface area contributed by atoms with Crippen molar-refractivity contribution in [1.29, 1.82) is 0 Å². The summed E-state index contributed by atoms with van der Waals surface area (Å²) in [4.78, 5) is 21.6. The molecule has 0 N–H and O–H groups in total. The molecule has 1 aromatic rings. The van der Waals surface area contributed by atoms with E-state index in [0.29, 0.717) is 12.2 Å². The zero-order chi connectivity index (χ0) is 13.8. The topological polar surface area (TPSA) is 43.4 Å². The summed E-state index contributed by atoms with van der Waals surface area (Å²) < 4.78 is 5.75. The maximum absolute atomic E-state index is 10.9. The Morgan fingerprint density at radius 2 is 2.00 bits per heavy atom. The number of aldehydes is 2. The smallest absolute Gasteiger partial charge is 0.162 e. The van der Waals surface area contributed by atoms with E-state index in [0.717, 1.165) is 23.7 Å². The maximum atomic E-state index is 10.9. The zero-order valence-corrected chi connectivity index (χ0v) is 11.4. The highest BCUT2D eigenvalue weighted by atomic mass is 16.5. The van der Waals surface area contributed by atoms with Crippen molar-refractivity contribution in [1.82, 2.24) is 0 Å². The summed E-state index contributed by atoms with van der Waals surface area (Å²) in [5.41, 5.74) is 1.17. The lowest BCUT2D eigenvalue weighted by atomic mass is 9.96. The Kier molecular flexibility index (Phi) is 4.65. The molecular weight excluding hydrogens is 228 g/mol. The fraction of sp³-hybridized carbons (Fsp3) is 0.467. The van der Waals surface area contributed by atoms with Crippen LogP contribution in [0.2, 0.25) is 0 Å². The van der Waals surface area contributed by atoms with Gasteiger partial charge in [-0.15, -0.1) is 0 Å². The van der Waals surface area contributed by atoms with Crippen LogP contribution in [0.3, 0.4) is 0 Å². The average molecular weight is 248 g/mol. The van der Waals surface area contributed by atoms with Gasteiger partial charge >= 0.3 is 0 Å².